The van der Waals surface area contributed by atoms with Crippen molar-refractivity contribution in [1.29, 1.82) is 0 Å². The summed E-state index contributed by atoms with van der Waals surface area (Å²) in [6.45, 7) is 5.35. The minimum Gasteiger partial charge on any atom is -0.494 e. The quantitative estimate of drug-likeness (QED) is 0.604. The summed E-state index contributed by atoms with van der Waals surface area (Å²) in [4.78, 5) is 12.0. The summed E-state index contributed by atoms with van der Waals surface area (Å²) in [5.41, 5.74) is 1.93. The smallest absolute Gasteiger partial charge is 0.220 e. The van der Waals surface area contributed by atoms with E-state index in [-0.39, 0.29) is 5.91 Å². The number of halogens is 1. The number of rotatable bonds is 10. The van der Waals surface area contributed by atoms with Crippen LogP contribution in [0, 0.1) is 6.92 Å². The number of amides is 1. The summed E-state index contributed by atoms with van der Waals surface area (Å²) in [6, 6.07) is 11.2. The Morgan fingerprint density at radius 3 is 2.63 bits per heavy atom. The number of ether oxygens (including phenoxy) is 3. The average molecular weight is 392 g/mol. The summed E-state index contributed by atoms with van der Waals surface area (Å²) in [7, 11) is 1.60. The Morgan fingerprint density at radius 2 is 1.93 bits per heavy atom. The summed E-state index contributed by atoms with van der Waals surface area (Å²) >= 11 is 5.99. The van der Waals surface area contributed by atoms with Gasteiger partial charge in [-0.2, -0.15) is 0 Å². The number of benzene rings is 2. The van der Waals surface area contributed by atoms with Crippen LogP contribution in [0.1, 0.15) is 30.9 Å². The molecule has 0 saturated heterocycles. The first kappa shape index (κ1) is 20.9. The van der Waals surface area contributed by atoms with Gasteiger partial charge < -0.3 is 19.5 Å². The molecule has 0 bridgehead atoms. The van der Waals surface area contributed by atoms with Crippen molar-refractivity contribution in [2.75, 3.05) is 20.3 Å². The van der Waals surface area contributed by atoms with E-state index in [1.54, 1.807) is 7.11 Å². The molecular formula is C21H26ClNO4. The van der Waals surface area contributed by atoms with E-state index >= 15 is 0 Å². The molecule has 0 radical (unpaired) electrons. The normalized spacial score (nSPS) is 10.4. The highest BCUT2D eigenvalue weighted by Crippen LogP contribution is 2.28. The minimum absolute atomic E-state index is 0.0151. The maximum Gasteiger partial charge on any atom is 0.220 e. The third kappa shape index (κ3) is 6.68. The van der Waals surface area contributed by atoms with Crippen molar-refractivity contribution in [1.82, 2.24) is 5.32 Å². The molecule has 1 N–H and O–H groups in total. The van der Waals surface area contributed by atoms with Gasteiger partial charge in [0.25, 0.3) is 0 Å². The lowest BCUT2D eigenvalue weighted by atomic mass is 10.2. The summed E-state index contributed by atoms with van der Waals surface area (Å²) in [6.07, 6.45) is 1.04. The van der Waals surface area contributed by atoms with Gasteiger partial charge in [-0.15, -0.1) is 0 Å². The largest absolute Gasteiger partial charge is 0.494 e. The van der Waals surface area contributed by atoms with Crippen molar-refractivity contribution in [3.05, 3.63) is 52.5 Å². The van der Waals surface area contributed by atoms with Crippen molar-refractivity contribution in [2.24, 2.45) is 0 Å². The van der Waals surface area contributed by atoms with E-state index in [1.807, 2.05) is 50.2 Å². The number of aryl methyl sites for hydroxylation is 1. The second kappa shape index (κ2) is 10.7. The van der Waals surface area contributed by atoms with Gasteiger partial charge in [0.05, 0.1) is 20.3 Å². The van der Waals surface area contributed by atoms with Crippen molar-refractivity contribution in [3.63, 3.8) is 0 Å². The molecule has 146 valence electrons. The Morgan fingerprint density at radius 1 is 1.11 bits per heavy atom. The number of hydrogen-bond acceptors (Lipinski definition) is 4. The summed E-state index contributed by atoms with van der Waals surface area (Å²) in [5.74, 6) is 2.11. The zero-order chi connectivity index (χ0) is 19.6. The highest BCUT2D eigenvalue weighted by atomic mass is 35.5. The molecule has 0 atom stereocenters. The van der Waals surface area contributed by atoms with Gasteiger partial charge in [-0.05, 0) is 61.7 Å². The molecule has 0 unspecified atom stereocenters. The third-order valence-electron chi connectivity index (χ3n) is 3.96. The lowest BCUT2D eigenvalue weighted by Gasteiger charge is -2.12. The van der Waals surface area contributed by atoms with E-state index < -0.39 is 0 Å². The standard InChI is InChI=1S/C21H26ClNO4/c1-4-26-19-10-7-16(13-20(19)25-3)14-23-21(24)6-5-11-27-17-8-9-18(22)15(2)12-17/h7-10,12-13H,4-6,11,14H2,1-3H3,(H,23,24). The maximum atomic E-state index is 12.0. The van der Waals surface area contributed by atoms with Crippen LogP contribution < -0.4 is 19.5 Å². The first-order chi connectivity index (χ1) is 13.0. The highest BCUT2D eigenvalue weighted by Gasteiger charge is 2.07. The molecule has 27 heavy (non-hydrogen) atoms. The van der Waals surface area contributed by atoms with Crippen LogP contribution in [0.15, 0.2) is 36.4 Å². The molecule has 0 aliphatic heterocycles. The molecule has 1 amide bonds. The van der Waals surface area contributed by atoms with Crippen LogP contribution in [-0.4, -0.2) is 26.2 Å². The van der Waals surface area contributed by atoms with Crippen LogP contribution in [0.2, 0.25) is 5.02 Å². The predicted molar refractivity (Wildman–Crippen MR) is 107 cm³/mol. The van der Waals surface area contributed by atoms with Gasteiger partial charge in [0.2, 0.25) is 5.91 Å². The molecule has 2 aromatic carbocycles. The zero-order valence-corrected chi connectivity index (χ0v) is 16.8. The molecule has 0 spiro atoms. The Balaban J connectivity index is 1.72. The first-order valence-electron chi connectivity index (χ1n) is 8.98. The number of hydrogen-bond donors (Lipinski definition) is 1. The molecule has 0 saturated carbocycles. The molecular weight excluding hydrogens is 366 g/mol. The molecule has 0 heterocycles. The van der Waals surface area contributed by atoms with E-state index in [4.69, 9.17) is 25.8 Å². The van der Waals surface area contributed by atoms with Gasteiger partial charge in [-0.3, -0.25) is 4.79 Å². The van der Waals surface area contributed by atoms with Gasteiger partial charge in [-0.25, -0.2) is 0 Å². The van der Waals surface area contributed by atoms with E-state index in [1.165, 1.54) is 0 Å². The third-order valence-corrected chi connectivity index (χ3v) is 4.39. The van der Waals surface area contributed by atoms with Gasteiger partial charge in [0, 0.05) is 18.0 Å². The predicted octanol–water partition coefficient (Wildman–Crippen LogP) is 4.53. The minimum atomic E-state index is -0.0151. The van der Waals surface area contributed by atoms with Crippen molar-refractivity contribution < 1.29 is 19.0 Å². The molecule has 5 nitrogen and oxygen atoms in total. The second-order valence-corrected chi connectivity index (χ2v) is 6.47. The van der Waals surface area contributed by atoms with Gasteiger partial charge >= 0.3 is 0 Å². The van der Waals surface area contributed by atoms with Gasteiger partial charge in [0.1, 0.15) is 5.75 Å². The fourth-order valence-corrected chi connectivity index (χ4v) is 2.63. The topological polar surface area (TPSA) is 56.8 Å². The maximum absolute atomic E-state index is 12.0. The molecule has 0 aliphatic carbocycles. The number of nitrogens with one attached hydrogen (secondary N) is 1. The summed E-state index contributed by atoms with van der Waals surface area (Å²) < 4.78 is 16.5. The monoisotopic (exact) mass is 391 g/mol. The van der Waals surface area contributed by atoms with Crippen LogP contribution in [0.3, 0.4) is 0 Å². The highest BCUT2D eigenvalue weighted by molar-refractivity contribution is 6.31. The van der Waals surface area contributed by atoms with Crippen LogP contribution in [0.4, 0.5) is 0 Å². The van der Waals surface area contributed by atoms with Gasteiger partial charge in [0.15, 0.2) is 11.5 Å². The number of carbonyl (C=O) groups excluding carboxylic acids is 1. The first-order valence-corrected chi connectivity index (χ1v) is 9.36. The average Bonchev–Trinajstić information content (AvgIpc) is 2.67. The number of carbonyl (C=O) groups is 1. The van der Waals surface area contributed by atoms with Crippen molar-refractivity contribution >= 4 is 17.5 Å². The van der Waals surface area contributed by atoms with Crippen molar-refractivity contribution in [3.8, 4) is 17.2 Å². The van der Waals surface area contributed by atoms with Crippen LogP contribution in [0.5, 0.6) is 17.2 Å². The fraction of sp³-hybridized carbons (Fsp3) is 0.381. The Bertz CT molecular complexity index is 764. The Labute approximate surface area is 165 Å². The Kier molecular flexibility index (Phi) is 8.27. The lowest BCUT2D eigenvalue weighted by Crippen LogP contribution is -2.23. The number of methoxy groups -OCH3 is 1. The van der Waals surface area contributed by atoms with Crippen LogP contribution in [0.25, 0.3) is 0 Å². The van der Waals surface area contributed by atoms with Crippen LogP contribution >= 0.6 is 11.6 Å². The summed E-state index contributed by atoms with van der Waals surface area (Å²) in [5, 5.41) is 3.62. The van der Waals surface area contributed by atoms with Gasteiger partial charge in [-0.1, -0.05) is 17.7 Å². The van der Waals surface area contributed by atoms with E-state index in [2.05, 4.69) is 5.32 Å². The van der Waals surface area contributed by atoms with Crippen molar-refractivity contribution in [2.45, 2.75) is 33.2 Å². The van der Waals surface area contributed by atoms with Crippen LogP contribution in [-0.2, 0) is 11.3 Å². The fourth-order valence-electron chi connectivity index (χ4n) is 2.52. The molecule has 2 rings (SSSR count). The molecule has 0 aliphatic rings. The molecule has 2 aromatic rings. The zero-order valence-electron chi connectivity index (χ0n) is 16.0. The van der Waals surface area contributed by atoms with E-state index in [0.717, 1.165) is 16.9 Å². The SMILES string of the molecule is CCOc1ccc(CNC(=O)CCCOc2ccc(Cl)c(C)c2)cc1OC. The Hall–Kier alpha value is -2.40. The second-order valence-electron chi connectivity index (χ2n) is 6.06. The lowest BCUT2D eigenvalue weighted by molar-refractivity contribution is -0.121. The van der Waals surface area contributed by atoms with E-state index in [9.17, 15) is 4.79 Å². The molecule has 6 heteroatoms. The van der Waals surface area contributed by atoms with E-state index in [0.29, 0.717) is 49.1 Å². The molecule has 0 aromatic heterocycles. The molecule has 0 fully saturated rings.